The summed E-state index contributed by atoms with van der Waals surface area (Å²) in [5.74, 6) is 0.448. The fraction of sp³-hybridized carbons (Fsp3) is 0.269. The molecule has 0 aromatic heterocycles. The molecule has 170 valence electrons. The molecule has 3 unspecified atom stereocenters. The summed E-state index contributed by atoms with van der Waals surface area (Å²) in [6, 6.07) is 18.6. The lowest BCUT2D eigenvalue weighted by molar-refractivity contribution is -0.137. The normalized spacial score (nSPS) is 21.9. The van der Waals surface area contributed by atoms with E-state index in [0.29, 0.717) is 22.4 Å². The number of benzene rings is 3. The van der Waals surface area contributed by atoms with Gasteiger partial charge in [0, 0.05) is 17.0 Å². The first-order valence-electron chi connectivity index (χ1n) is 10.7. The number of hydrogen-bond acceptors (Lipinski definition) is 3. The van der Waals surface area contributed by atoms with Crippen LogP contribution in [0.3, 0.4) is 0 Å². The van der Waals surface area contributed by atoms with E-state index in [1.807, 2.05) is 55.5 Å². The Kier molecular flexibility index (Phi) is 5.07. The van der Waals surface area contributed by atoms with Crippen LogP contribution in [0, 0.1) is 0 Å². The molecular weight excluding hydrogens is 431 g/mol. The highest BCUT2D eigenvalue weighted by molar-refractivity contribution is 5.78. The van der Waals surface area contributed by atoms with E-state index in [1.165, 1.54) is 13.2 Å². The maximum Gasteiger partial charge on any atom is 0.416 e. The van der Waals surface area contributed by atoms with Gasteiger partial charge >= 0.3 is 12.3 Å². The molecule has 2 aliphatic heterocycles. The Morgan fingerprint density at radius 3 is 2.42 bits per heavy atom. The van der Waals surface area contributed by atoms with Gasteiger partial charge in [0.25, 0.3) is 0 Å². The number of carbonyl (C=O) groups is 1. The van der Waals surface area contributed by atoms with E-state index in [2.05, 4.69) is 0 Å². The van der Waals surface area contributed by atoms with E-state index >= 15 is 0 Å². The van der Waals surface area contributed by atoms with Crippen LogP contribution in [0.5, 0.6) is 5.75 Å². The van der Waals surface area contributed by atoms with Gasteiger partial charge in [-0.1, -0.05) is 49.4 Å². The summed E-state index contributed by atoms with van der Waals surface area (Å²) >= 11 is 0. The van der Waals surface area contributed by atoms with Crippen molar-refractivity contribution < 1.29 is 27.4 Å². The SMILES string of the molecule is COc1ccc2cc1-c1ccc(C(F)(F)F)cc1C1CN(C(=O)O1)C(c1ccccc1)C2C. The summed E-state index contributed by atoms with van der Waals surface area (Å²) in [6.45, 7) is 2.20. The van der Waals surface area contributed by atoms with Crippen molar-refractivity contribution in [1.29, 1.82) is 0 Å². The maximum atomic E-state index is 13.6. The van der Waals surface area contributed by atoms with Crippen LogP contribution in [0.25, 0.3) is 11.1 Å². The highest BCUT2D eigenvalue weighted by Gasteiger charge is 2.43. The molecule has 0 aliphatic carbocycles. The molecule has 0 saturated carbocycles. The van der Waals surface area contributed by atoms with E-state index in [0.717, 1.165) is 23.3 Å². The number of nitrogens with zero attached hydrogens (tertiary/aromatic N) is 1. The summed E-state index contributed by atoms with van der Waals surface area (Å²) < 4.78 is 51.9. The number of carbonyl (C=O) groups excluding carboxylic acids is 1. The van der Waals surface area contributed by atoms with Crippen LogP contribution in [-0.2, 0) is 10.9 Å². The molecule has 0 spiro atoms. The van der Waals surface area contributed by atoms with Crippen LogP contribution < -0.4 is 4.74 Å². The van der Waals surface area contributed by atoms with Gasteiger partial charge < -0.3 is 9.47 Å². The zero-order valence-corrected chi connectivity index (χ0v) is 18.1. The van der Waals surface area contributed by atoms with Crippen molar-refractivity contribution in [2.75, 3.05) is 13.7 Å². The predicted molar refractivity (Wildman–Crippen MR) is 117 cm³/mol. The van der Waals surface area contributed by atoms with Crippen molar-refractivity contribution >= 4 is 6.09 Å². The number of alkyl halides is 3. The van der Waals surface area contributed by atoms with Gasteiger partial charge in [0.2, 0.25) is 0 Å². The number of ether oxygens (including phenoxy) is 2. The van der Waals surface area contributed by atoms with Crippen molar-refractivity contribution in [3.05, 3.63) is 89.0 Å². The van der Waals surface area contributed by atoms with Crippen LogP contribution in [0.2, 0.25) is 0 Å². The molecule has 1 amide bonds. The minimum atomic E-state index is -4.51. The molecule has 3 aromatic carbocycles. The molecular formula is C26H22F3NO3. The predicted octanol–water partition coefficient (Wildman–Crippen LogP) is 6.73. The summed E-state index contributed by atoms with van der Waals surface area (Å²) in [7, 11) is 1.53. The molecule has 1 saturated heterocycles. The number of amides is 1. The number of hydrogen-bond donors (Lipinski definition) is 0. The molecule has 5 rings (SSSR count). The summed E-state index contributed by atoms with van der Waals surface area (Å²) in [5, 5.41) is 0. The lowest BCUT2D eigenvalue weighted by Gasteiger charge is -2.33. The van der Waals surface area contributed by atoms with Gasteiger partial charge in [-0.15, -0.1) is 0 Å². The third kappa shape index (κ3) is 3.61. The number of fused-ring (bicyclic) bond motifs is 7. The Bertz CT molecular complexity index is 1210. The molecule has 7 heteroatoms. The Hall–Kier alpha value is -3.48. The summed E-state index contributed by atoms with van der Waals surface area (Å²) in [6.07, 6.45) is -5.88. The fourth-order valence-electron chi connectivity index (χ4n) is 4.91. The van der Waals surface area contributed by atoms with Crippen LogP contribution in [0.4, 0.5) is 18.0 Å². The zero-order valence-electron chi connectivity index (χ0n) is 18.1. The van der Waals surface area contributed by atoms with Crippen LogP contribution in [-0.4, -0.2) is 24.6 Å². The van der Waals surface area contributed by atoms with Crippen molar-refractivity contribution in [3.8, 4) is 16.9 Å². The summed E-state index contributed by atoms with van der Waals surface area (Å²) in [4.78, 5) is 14.7. The molecule has 4 bridgehead atoms. The van der Waals surface area contributed by atoms with E-state index in [1.54, 1.807) is 4.90 Å². The van der Waals surface area contributed by atoms with Gasteiger partial charge in [-0.05, 0) is 41.0 Å². The Labute approximate surface area is 189 Å². The third-order valence-corrected chi connectivity index (χ3v) is 6.56. The summed E-state index contributed by atoms with van der Waals surface area (Å²) in [5.41, 5.74) is 2.65. The second-order valence-corrected chi connectivity index (χ2v) is 8.43. The number of halogens is 3. The second kappa shape index (κ2) is 7.83. The Morgan fingerprint density at radius 1 is 0.970 bits per heavy atom. The van der Waals surface area contributed by atoms with Gasteiger partial charge in [-0.3, -0.25) is 4.90 Å². The van der Waals surface area contributed by atoms with Gasteiger partial charge in [0.1, 0.15) is 11.9 Å². The number of rotatable bonds is 2. The van der Waals surface area contributed by atoms with Gasteiger partial charge in [-0.2, -0.15) is 13.2 Å². The van der Waals surface area contributed by atoms with E-state index in [4.69, 9.17) is 9.47 Å². The molecule has 0 radical (unpaired) electrons. The van der Waals surface area contributed by atoms with Crippen molar-refractivity contribution in [1.82, 2.24) is 4.90 Å². The van der Waals surface area contributed by atoms with Gasteiger partial charge in [-0.25, -0.2) is 4.79 Å². The smallest absolute Gasteiger partial charge is 0.416 e. The first-order valence-corrected chi connectivity index (χ1v) is 10.7. The lowest BCUT2D eigenvalue weighted by Crippen LogP contribution is -2.33. The van der Waals surface area contributed by atoms with Crippen LogP contribution in [0.1, 0.15) is 47.2 Å². The van der Waals surface area contributed by atoms with E-state index < -0.39 is 23.9 Å². The zero-order chi connectivity index (χ0) is 23.3. The van der Waals surface area contributed by atoms with Gasteiger partial charge in [0.15, 0.2) is 0 Å². The minimum absolute atomic E-state index is 0.0978. The van der Waals surface area contributed by atoms with E-state index in [9.17, 15) is 18.0 Å². The quantitative estimate of drug-likeness (QED) is 0.432. The highest BCUT2D eigenvalue weighted by Crippen LogP contribution is 2.47. The van der Waals surface area contributed by atoms with Gasteiger partial charge in [0.05, 0.1) is 25.3 Å². The van der Waals surface area contributed by atoms with Crippen molar-refractivity contribution in [2.45, 2.75) is 31.2 Å². The Morgan fingerprint density at radius 2 is 1.73 bits per heavy atom. The van der Waals surface area contributed by atoms with Crippen molar-refractivity contribution in [3.63, 3.8) is 0 Å². The highest BCUT2D eigenvalue weighted by atomic mass is 19.4. The largest absolute Gasteiger partial charge is 0.496 e. The first kappa shape index (κ1) is 21.4. The molecule has 33 heavy (non-hydrogen) atoms. The molecule has 0 N–H and O–H groups in total. The molecule has 2 heterocycles. The second-order valence-electron chi connectivity index (χ2n) is 8.43. The molecule has 4 nitrogen and oxygen atoms in total. The average Bonchev–Trinajstić information content (AvgIpc) is 3.18. The van der Waals surface area contributed by atoms with E-state index in [-0.39, 0.29) is 18.5 Å². The average molecular weight is 453 g/mol. The third-order valence-electron chi connectivity index (χ3n) is 6.56. The van der Waals surface area contributed by atoms with Crippen LogP contribution in [0.15, 0.2) is 66.7 Å². The first-order chi connectivity index (χ1) is 15.8. The fourth-order valence-corrected chi connectivity index (χ4v) is 4.91. The molecule has 3 atom stereocenters. The molecule has 2 aliphatic rings. The van der Waals surface area contributed by atoms with Crippen LogP contribution >= 0.6 is 0 Å². The Balaban J connectivity index is 1.77. The maximum absolute atomic E-state index is 13.6. The van der Waals surface area contributed by atoms with Crippen molar-refractivity contribution in [2.24, 2.45) is 0 Å². The topological polar surface area (TPSA) is 38.8 Å². The minimum Gasteiger partial charge on any atom is -0.496 e. The lowest BCUT2D eigenvalue weighted by atomic mass is 9.84. The molecule has 1 fully saturated rings. The molecule has 3 aromatic rings. The monoisotopic (exact) mass is 453 g/mol. The number of methoxy groups -OCH3 is 1. The standard InChI is InChI=1S/C26H22F3NO3/c1-15-17-8-11-22(32-2)20(12-17)19-10-9-18(26(27,28)29)13-21(19)23-14-30(25(31)33-23)24(15)16-6-4-3-5-7-16/h3-13,15,23-24H,14H2,1-2H3.